The first-order valence-electron chi connectivity index (χ1n) is 15.7. The van der Waals surface area contributed by atoms with Gasteiger partial charge in [0.15, 0.2) is 5.82 Å². The minimum atomic E-state index is -0.387. The number of anilines is 3. The molecule has 2 fully saturated rings. The number of rotatable bonds is 7. The summed E-state index contributed by atoms with van der Waals surface area (Å²) in [4.78, 5) is 28.1. The van der Waals surface area contributed by atoms with Crippen molar-refractivity contribution in [2.24, 2.45) is 0 Å². The highest BCUT2D eigenvalue weighted by Gasteiger charge is 2.34. The van der Waals surface area contributed by atoms with Crippen LogP contribution in [0.3, 0.4) is 0 Å². The maximum absolute atomic E-state index is 15.8. The summed E-state index contributed by atoms with van der Waals surface area (Å²) < 4.78 is 22.2. The minimum Gasteiger partial charge on any atom is -0.476 e. The van der Waals surface area contributed by atoms with E-state index in [0.717, 1.165) is 67.0 Å². The highest BCUT2D eigenvalue weighted by Crippen LogP contribution is 2.44. The number of amides is 1. The number of aryl methyl sites for hydroxylation is 1. The summed E-state index contributed by atoms with van der Waals surface area (Å²) in [5.74, 6) is 0.00812. The van der Waals surface area contributed by atoms with Gasteiger partial charge in [0.1, 0.15) is 6.61 Å². The minimum absolute atomic E-state index is 0.154. The number of halogens is 2. The van der Waals surface area contributed by atoms with Gasteiger partial charge in [-0.3, -0.25) is 4.79 Å². The molecule has 2 atom stereocenters. The van der Waals surface area contributed by atoms with Crippen molar-refractivity contribution >= 4 is 34.6 Å². The maximum atomic E-state index is 15.8. The molecule has 0 radical (unpaired) electrons. The fourth-order valence-corrected chi connectivity index (χ4v) is 7.57. The Hall–Kier alpha value is -3.55. The standard InChI is InChI=1S/C33H41ClFN7O2/c1-4-30(43)42-16-15-40(19-23(42)9-11-36)28-18-29(44-21-24-8-6-12-38(24)2)37-27-20-41(14-10-25(27)28)33-31(35)26(34)17-22-7-5-13-39(3)32(22)33/h4,17-18,23-24H,1,5-10,12-16,19-21H2,2-3H3/t23-,24-/m0/s1. The van der Waals surface area contributed by atoms with Crippen molar-refractivity contribution in [1.82, 2.24) is 14.8 Å². The molecule has 0 saturated carbocycles. The monoisotopic (exact) mass is 621 g/mol. The van der Waals surface area contributed by atoms with E-state index in [2.05, 4.69) is 39.3 Å². The van der Waals surface area contributed by atoms with Gasteiger partial charge in [0.2, 0.25) is 11.8 Å². The van der Waals surface area contributed by atoms with E-state index in [9.17, 15) is 10.1 Å². The van der Waals surface area contributed by atoms with Crippen LogP contribution in [0.1, 0.15) is 42.5 Å². The van der Waals surface area contributed by atoms with Gasteiger partial charge in [-0.05, 0) is 63.4 Å². The van der Waals surface area contributed by atoms with E-state index >= 15 is 4.39 Å². The Labute approximate surface area is 264 Å². The zero-order valence-corrected chi connectivity index (χ0v) is 26.5. The fraction of sp³-hybridized carbons (Fsp3) is 0.545. The number of likely N-dealkylation sites (tertiary alicyclic amines) is 1. The van der Waals surface area contributed by atoms with Gasteiger partial charge in [-0.2, -0.15) is 5.26 Å². The highest BCUT2D eigenvalue weighted by molar-refractivity contribution is 6.31. The summed E-state index contributed by atoms with van der Waals surface area (Å²) in [6.07, 6.45) is 6.35. The van der Waals surface area contributed by atoms with Crippen LogP contribution in [0.5, 0.6) is 5.88 Å². The molecule has 234 valence electrons. The van der Waals surface area contributed by atoms with Crippen LogP contribution in [0.2, 0.25) is 5.02 Å². The SMILES string of the molecule is C=CC(=O)N1CCN(c2cc(OC[C@@H]3CCCN3C)nc3c2CCN(c2c(F)c(Cl)cc4c2N(C)CCC4)C3)C[C@@H]1CC#N. The Morgan fingerprint density at radius 1 is 1.14 bits per heavy atom. The number of likely N-dealkylation sites (N-methyl/N-ethyl adjacent to an activating group) is 1. The van der Waals surface area contributed by atoms with Crippen molar-refractivity contribution in [3.63, 3.8) is 0 Å². The molecular weight excluding hydrogens is 581 g/mol. The Morgan fingerprint density at radius 2 is 1.98 bits per heavy atom. The third-order valence-electron chi connectivity index (χ3n) is 9.72. The molecule has 1 aromatic heterocycles. The molecule has 2 aromatic rings. The van der Waals surface area contributed by atoms with Crippen LogP contribution in [0.15, 0.2) is 24.8 Å². The summed E-state index contributed by atoms with van der Waals surface area (Å²) in [5, 5.41) is 9.70. The van der Waals surface area contributed by atoms with E-state index in [4.69, 9.17) is 21.3 Å². The van der Waals surface area contributed by atoms with Crippen LogP contribution in [-0.2, 0) is 24.2 Å². The molecule has 0 bridgehead atoms. The van der Waals surface area contributed by atoms with E-state index in [1.165, 1.54) is 6.08 Å². The summed E-state index contributed by atoms with van der Waals surface area (Å²) in [6.45, 7) is 8.81. The van der Waals surface area contributed by atoms with Gasteiger partial charge in [0.05, 0.1) is 47.2 Å². The van der Waals surface area contributed by atoms with Crippen LogP contribution >= 0.6 is 11.6 Å². The average Bonchev–Trinajstić information content (AvgIpc) is 3.44. The van der Waals surface area contributed by atoms with E-state index in [1.807, 2.05) is 13.1 Å². The average molecular weight is 622 g/mol. The highest BCUT2D eigenvalue weighted by atomic mass is 35.5. The quantitative estimate of drug-likeness (QED) is 0.421. The number of aromatic nitrogens is 1. The number of carbonyl (C=O) groups excluding carboxylic acids is 1. The van der Waals surface area contributed by atoms with Gasteiger partial charge in [-0.1, -0.05) is 18.2 Å². The van der Waals surface area contributed by atoms with Crippen molar-refractivity contribution in [3.8, 4) is 11.9 Å². The summed E-state index contributed by atoms with van der Waals surface area (Å²) >= 11 is 6.45. The third-order valence-corrected chi connectivity index (χ3v) is 10.00. The van der Waals surface area contributed by atoms with Gasteiger partial charge in [-0.15, -0.1) is 0 Å². The molecule has 1 amide bonds. The molecule has 6 rings (SSSR count). The number of ether oxygens (including phenoxy) is 1. The van der Waals surface area contributed by atoms with Gasteiger partial charge in [-0.25, -0.2) is 9.37 Å². The lowest BCUT2D eigenvalue weighted by Gasteiger charge is -2.43. The molecule has 0 aliphatic carbocycles. The molecule has 2 saturated heterocycles. The van der Waals surface area contributed by atoms with Crippen LogP contribution in [-0.4, -0.2) is 92.7 Å². The lowest BCUT2D eigenvalue weighted by Crippen LogP contribution is -2.55. The molecule has 9 nitrogen and oxygen atoms in total. The van der Waals surface area contributed by atoms with Gasteiger partial charge in [0.25, 0.3) is 0 Å². The number of piperazine rings is 1. The van der Waals surface area contributed by atoms with Crippen LogP contribution in [0, 0.1) is 17.1 Å². The van der Waals surface area contributed by atoms with Crippen molar-refractivity contribution < 1.29 is 13.9 Å². The number of carbonyl (C=O) groups is 1. The third kappa shape index (κ3) is 5.80. The number of hydrogen-bond acceptors (Lipinski definition) is 8. The van der Waals surface area contributed by atoms with Crippen molar-refractivity contribution in [2.75, 3.05) is 74.7 Å². The predicted octanol–water partition coefficient (Wildman–Crippen LogP) is 4.41. The Bertz CT molecular complexity index is 1480. The molecule has 0 spiro atoms. The van der Waals surface area contributed by atoms with Crippen molar-refractivity contribution in [3.05, 3.63) is 52.4 Å². The smallest absolute Gasteiger partial charge is 0.246 e. The van der Waals surface area contributed by atoms with E-state index in [-0.39, 0.29) is 29.2 Å². The first kappa shape index (κ1) is 30.5. The number of pyridine rings is 1. The molecule has 1 aromatic carbocycles. The molecule has 0 N–H and O–H groups in total. The number of hydrogen-bond donors (Lipinski definition) is 0. The van der Waals surface area contributed by atoms with E-state index in [0.29, 0.717) is 63.4 Å². The molecule has 5 heterocycles. The zero-order chi connectivity index (χ0) is 31.0. The van der Waals surface area contributed by atoms with E-state index in [1.54, 1.807) is 11.0 Å². The topological polar surface area (TPSA) is 79.2 Å². The maximum Gasteiger partial charge on any atom is 0.246 e. The molecule has 4 aliphatic rings. The van der Waals surface area contributed by atoms with Gasteiger partial charge < -0.3 is 29.2 Å². The second-order valence-corrected chi connectivity index (χ2v) is 12.8. The molecule has 44 heavy (non-hydrogen) atoms. The van der Waals surface area contributed by atoms with Crippen LogP contribution in [0.4, 0.5) is 21.5 Å². The molecule has 0 unspecified atom stereocenters. The first-order chi connectivity index (χ1) is 21.3. The zero-order valence-electron chi connectivity index (χ0n) is 25.7. The van der Waals surface area contributed by atoms with Gasteiger partial charge in [0, 0.05) is 63.1 Å². The van der Waals surface area contributed by atoms with Gasteiger partial charge >= 0.3 is 0 Å². The van der Waals surface area contributed by atoms with Crippen LogP contribution < -0.4 is 19.4 Å². The second-order valence-electron chi connectivity index (χ2n) is 12.4. The Kier molecular flexibility index (Phi) is 8.88. The van der Waals surface area contributed by atoms with Crippen LogP contribution in [0.25, 0.3) is 0 Å². The molecular formula is C33H41ClFN7O2. The summed E-state index contributed by atoms with van der Waals surface area (Å²) in [5.41, 5.74) is 5.53. The van der Waals surface area contributed by atoms with E-state index < -0.39 is 0 Å². The lowest BCUT2D eigenvalue weighted by atomic mass is 9.96. The summed E-state index contributed by atoms with van der Waals surface area (Å²) in [7, 11) is 4.14. The largest absolute Gasteiger partial charge is 0.476 e. The summed E-state index contributed by atoms with van der Waals surface area (Å²) in [6, 6.07) is 6.14. The van der Waals surface area contributed by atoms with Crippen molar-refractivity contribution in [1.29, 1.82) is 5.26 Å². The fourth-order valence-electron chi connectivity index (χ4n) is 7.35. The number of nitrogens with zero attached hydrogens (tertiary/aromatic N) is 7. The number of fused-ring (bicyclic) bond motifs is 2. The second kappa shape index (κ2) is 12.8. The first-order valence-corrected chi connectivity index (χ1v) is 16.0. The predicted molar refractivity (Wildman–Crippen MR) is 171 cm³/mol. The molecule has 4 aliphatic heterocycles. The normalized spacial score (nSPS) is 22.0. The molecule has 11 heteroatoms. The Morgan fingerprint density at radius 3 is 2.73 bits per heavy atom. The number of nitriles is 1. The number of benzene rings is 1. The van der Waals surface area contributed by atoms with Crippen molar-refractivity contribution in [2.45, 2.75) is 57.2 Å². The lowest BCUT2D eigenvalue weighted by molar-refractivity contribution is -0.128. The Balaban J connectivity index is 1.35.